The molecule has 2 nitrogen and oxygen atoms in total. The number of anilines is 1. The lowest BCUT2D eigenvalue weighted by Crippen LogP contribution is -2.30. The second-order valence-electron chi connectivity index (χ2n) is 4.73. The molecular weight excluding hydrogens is 241 g/mol. The Balaban J connectivity index is 3.14. The van der Waals surface area contributed by atoms with Gasteiger partial charge in [-0.3, -0.25) is 0 Å². The third-order valence-corrected chi connectivity index (χ3v) is 2.82. The Morgan fingerprint density at radius 3 is 2.33 bits per heavy atom. The zero-order valence-electron chi connectivity index (χ0n) is 10.5. The molecule has 98 valence electrons. The van der Waals surface area contributed by atoms with Crippen LogP contribution in [0, 0.1) is 11.3 Å². The van der Waals surface area contributed by atoms with Crippen molar-refractivity contribution in [3.63, 3.8) is 0 Å². The van der Waals surface area contributed by atoms with E-state index in [2.05, 4.69) is 5.32 Å². The Bertz CT molecular complexity index is 470. The highest BCUT2D eigenvalue weighted by Crippen LogP contribution is 2.32. The molecule has 0 radical (unpaired) electrons. The highest BCUT2D eigenvalue weighted by Gasteiger charge is 2.31. The molecule has 1 rings (SSSR count). The molecule has 1 aromatic carbocycles. The zero-order chi connectivity index (χ0) is 14.0. The van der Waals surface area contributed by atoms with Crippen molar-refractivity contribution in [2.75, 3.05) is 5.32 Å². The molecule has 18 heavy (non-hydrogen) atoms. The molecule has 0 amide bonds. The molecule has 0 aromatic heterocycles. The molecule has 0 saturated heterocycles. The fourth-order valence-electron chi connectivity index (χ4n) is 1.38. The van der Waals surface area contributed by atoms with E-state index in [9.17, 15) is 13.2 Å². The zero-order valence-corrected chi connectivity index (χ0v) is 10.5. The van der Waals surface area contributed by atoms with Crippen LogP contribution in [0.1, 0.15) is 38.3 Å². The maximum absolute atomic E-state index is 12.5. The van der Waals surface area contributed by atoms with Crippen molar-refractivity contribution >= 4 is 5.69 Å². The Kier molecular flexibility index (Phi) is 3.90. The number of nitrogens with zero attached hydrogens (tertiary/aromatic N) is 1. The first-order valence-electron chi connectivity index (χ1n) is 5.59. The standard InChI is InChI=1S/C13H15F3N2/c1-4-12(2,3)18-11-6-5-10(13(14,15)16)7-9(11)8-17/h5-7,18H,4H2,1-3H3. The lowest BCUT2D eigenvalue weighted by molar-refractivity contribution is -0.137. The minimum Gasteiger partial charge on any atom is -0.379 e. The van der Waals surface area contributed by atoms with Crippen LogP contribution in [0.15, 0.2) is 18.2 Å². The number of halogens is 3. The van der Waals surface area contributed by atoms with E-state index < -0.39 is 11.7 Å². The Labute approximate surface area is 104 Å². The van der Waals surface area contributed by atoms with E-state index in [0.717, 1.165) is 18.6 Å². The van der Waals surface area contributed by atoms with Gasteiger partial charge in [-0.05, 0) is 38.5 Å². The first kappa shape index (κ1) is 14.4. The van der Waals surface area contributed by atoms with Gasteiger partial charge in [0.2, 0.25) is 0 Å². The van der Waals surface area contributed by atoms with Crippen molar-refractivity contribution in [2.24, 2.45) is 0 Å². The molecule has 0 saturated carbocycles. The molecule has 1 aromatic rings. The second-order valence-corrected chi connectivity index (χ2v) is 4.73. The smallest absolute Gasteiger partial charge is 0.379 e. The number of nitriles is 1. The van der Waals surface area contributed by atoms with Crippen LogP contribution < -0.4 is 5.32 Å². The minimum absolute atomic E-state index is 0.00588. The number of alkyl halides is 3. The molecule has 0 aliphatic rings. The number of rotatable bonds is 3. The maximum atomic E-state index is 12.5. The normalized spacial score (nSPS) is 12.1. The topological polar surface area (TPSA) is 35.8 Å². The largest absolute Gasteiger partial charge is 0.416 e. The van der Waals surface area contributed by atoms with E-state index in [-0.39, 0.29) is 11.1 Å². The predicted molar refractivity (Wildman–Crippen MR) is 64.2 cm³/mol. The van der Waals surface area contributed by atoms with Crippen LogP contribution in [0.2, 0.25) is 0 Å². The molecule has 0 heterocycles. The van der Waals surface area contributed by atoms with Gasteiger partial charge in [-0.2, -0.15) is 18.4 Å². The van der Waals surface area contributed by atoms with Gasteiger partial charge in [0.25, 0.3) is 0 Å². The van der Waals surface area contributed by atoms with Crippen LogP contribution >= 0.6 is 0 Å². The average molecular weight is 256 g/mol. The van der Waals surface area contributed by atoms with Crippen molar-refractivity contribution < 1.29 is 13.2 Å². The van der Waals surface area contributed by atoms with Gasteiger partial charge in [-0.1, -0.05) is 6.92 Å². The molecule has 0 aliphatic carbocycles. The molecule has 1 N–H and O–H groups in total. The lowest BCUT2D eigenvalue weighted by Gasteiger charge is -2.26. The van der Waals surface area contributed by atoms with Crippen molar-refractivity contribution in [1.29, 1.82) is 5.26 Å². The Hall–Kier alpha value is -1.70. The summed E-state index contributed by atoms with van der Waals surface area (Å²) in [6.07, 6.45) is -3.64. The van der Waals surface area contributed by atoms with Gasteiger partial charge in [0.05, 0.1) is 16.8 Å². The Morgan fingerprint density at radius 2 is 1.89 bits per heavy atom. The van der Waals surface area contributed by atoms with E-state index in [1.54, 1.807) is 6.07 Å². The summed E-state index contributed by atoms with van der Waals surface area (Å²) in [5, 5.41) is 12.0. The predicted octanol–water partition coefficient (Wildman–Crippen LogP) is 4.18. The summed E-state index contributed by atoms with van der Waals surface area (Å²) in [5.74, 6) is 0. The molecular formula is C13H15F3N2. The molecule has 0 unspecified atom stereocenters. The van der Waals surface area contributed by atoms with Crippen LogP contribution in [0.25, 0.3) is 0 Å². The summed E-state index contributed by atoms with van der Waals surface area (Å²) >= 11 is 0. The summed E-state index contributed by atoms with van der Waals surface area (Å²) in [6, 6.07) is 4.95. The van der Waals surface area contributed by atoms with Crippen LogP contribution in [0.5, 0.6) is 0 Å². The highest BCUT2D eigenvalue weighted by atomic mass is 19.4. The monoisotopic (exact) mass is 256 g/mol. The highest BCUT2D eigenvalue weighted by molar-refractivity contribution is 5.60. The summed E-state index contributed by atoms with van der Waals surface area (Å²) < 4.78 is 37.5. The van der Waals surface area contributed by atoms with Crippen molar-refractivity contribution in [3.8, 4) is 6.07 Å². The van der Waals surface area contributed by atoms with Crippen LogP contribution in [0.4, 0.5) is 18.9 Å². The summed E-state index contributed by atoms with van der Waals surface area (Å²) in [7, 11) is 0. The van der Waals surface area contributed by atoms with Gasteiger partial charge < -0.3 is 5.32 Å². The van der Waals surface area contributed by atoms with E-state index in [1.807, 2.05) is 20.8 Å². The molecule has 5 heteroatoms. The quantitative estimate of drug-likeness (QED) is 0.880. The molecule has 0 bridgehead atoms. The van der Waals surface area contributed by atoms with Gasteiger partial charge in [0, 0.05) is 5.54 Å². The fourth-order valence-corrected chi connectivity index (χ4v) is 1.38. The molecule has 0 fully saturated rings. The number of hydrogen-bond donors (Lipinski definition) is 1. The van der Waals surface area contributed by atoms with Crippen LogP contribution in [0.3, 0.4) is 0 Å². The molecule has 0 atom stereocenters. The number of hydrogen-bond acceptors (Lipinski definition) is 2. The first-order valence-corrected chi connectivity index (χ1v) is 5.59. The van der Waals surface area contributed by atoms with Crippen molar-refractivity contribution in [1.82, 2.24) is 0 Å². The Morgan fingerprint density at radius 1 is 1.28 bits per heavy atom. The van der Waals surface area contributed by atoms with E-state index in [0.29, 0.717) is 5.69 Å². The lowest BCUT2D eigenvalue weighted by atomic mass is 10.00. The SMILES string of the molecule is CCC(C)(C)Nc1ccc(C(F)(F)F)cc1C#N. The third kappa shape index (κ3) is 3.39. The molecule has 0 spiro atoms. The van der Waals surface area contributed by atoms with Crippen LogP contribution in [-0.2, 0) is 6.18 Å². The van der Waals surface area contributed by atoms with E-state index in [1.165, 1.54) is 6.07 Å². The van der Waals surface area contributed by atoms with E-state index in [4.69, 9.17) is 5.26 Å². The maximum Gasteiger partial charge on any atom is 0.416 e. The van der Waals surface area contributed by atoms with E-state index >= 15 is 0 Å². The average Bonchev–Trinajstić information content (AvgIpc) is 2.27. The minimum atomic E-state index is -4.43. The van der Waals surface area contributed by atoms with Gasteiger partial charge in [-0.15, -0.1) is 0 Å². The number of nitrogens with one attached hydrogen (secondary N) is 1. The van der Waals surface area contributed by atoms with Crippen LogP contribution in [-0.4, -0.2) is 5.54 Å². The molecule has 0 aliphatic heterocycles. The fraction of sp³-hybridized carbons (Fsp3) is 0.462. The van der Waals surface area contributed by atoms with Gasteiger partial charge in [0.15, 0.2) is 0 Å². The second kappa shape index (κ2) is 4.89. The van der Waals surface area contributed by atoms with Gasteiger partial charge >= 0.3 is 6.18 Å². The van der Waals surface area contributed by atoms with Gasteiger partial charge in [0.1, 0.15) is 6.07 Å². The number of benzene rings is 1. The van der Waals surface area contributed by atoms with Gasteiger partial charge in [-0.25, -0.2) is 0 Å². The summed E-state index contributed by atoms with van der Waals surface area (Å²) in [5.41, 5.74) is -0.645. The third-order valence-electron chi connectivity index (χ3n) is 2.82. The van der Waals surface area contributed by atoms with Crippen molar-refractivity contribution in [3.05, 3.63) is 29.3 Å². The summed E-state index contributed by atoms with van der Waals surface area (Å²) in [6.45, 7) is 5.81. The first-order chi connectivity index (χ1) is 8.19. The summed E-state index contributed by atoms with van der Waals surface area (Å²) in [4.78, 5) is 0. The van der Waals surface area contributed by atoms with Crippen molar-refractivity contribution in [2.45, 2.75) is 38.9 Å².